The molecule has 0 saturated carbocycles. The molecule has 0 atom stereocenters. The Labute approximate surface area is 98.6 Å². The summed E-state index contributed by atoms with van der Waals surface area (Å²) >= 11 is 0. The van der Waals surface area contributed by atoms with Gasteiger partial charge in [-0.1, -0.05) is 6.07 Å². The lowest BCUT2D eigenvalue weighted by molar-refractivity contribution is 0.0527. The van der Waals surface area contributed by atoms with Gasteiger partial charge in [0, 0.05) is 17.4 Å². The molecule has 5 heteroatoms. The number of H-pyrrole nitrogens is 1. The van der Waals surface area contributed by atoms with Crippen molar-refractivity contribution in [1.29, 1.82) is 0 Å². The van der Waals surface area contributed by atoms with E-state index in [1.165, 1.54) is 0 Å². The van der Waals surface area contributed by atoms with Gasteiger partial charge in [-0.05, 0) is 25.1 Å². The molecule has 2 rings (SSSR count). The van der Waals surface area contributed by atoms with Crippen molar-refractivity contribution < 1.29 is 9.53 Å². The number of aromatic nitrogens is 2. The van der Waals surface area contributed by atoms with E-state index in [-0.39, 0.29) is 0 Å². The Morgan fingerprint density at radius 3 is 2.88 bits per heavy atom. The van der Waals surface area contributed by atoms with Gasteiger partial charge in [0.1, 0.15) is 0 Å². The molecule has 0 aliphatic carbocycles. The zero-order chi connectivity index (χ0) is 12.3. The fourth-order valence-corrected chi connectivity index (χ4v) is 1.54. The maximum Gasteiger partial charge on any atom is 0.340 e. The maximum atomic E-state index is 11.5. The Kier molecular flexibility index (Phi) is 3.09. The summed E-state index contributed by atoms with van der Waals surface area (Å²) in [4.78, 5) is 11.5. The Morgan fingerprint density at radius 1 is 1.47 bits per heavy atom. The molecule has 1 aromatic heterocycles. The van der Waals surface area contributed by atoms with Gasteiger partial charge in [0.2, 0.25) is 0 Å². The van der Waals surface area contributed by atoms with Crippen LogP contribution in [-0.4, -0.2) is 22.8 Å². The fraction of sp³-hybridized carbons (Fsp3) is 0.167. The number of ether oxygens (including phenoxy) is 1. The van der Waals surface area contributed by atoms with Crippen LogP contribution in [0.3, 0.4) is 0 Å². The van der Waals surface area contributed by atoms with Gasteiger partial charge in [0.15, 0.2) is 0 Å². The molecule has 1 heterocycles. The molecule has 0 bridgehead atoms. The number of nitrogens with two attached hydrogens (primary N) is 1. The van der Waals surface area contributed by atoms with E-state index in [9.17, 15) is 4.79 Å². The number of carbonyl (C=O) groups excluding carboxylic acids is 1. The smallest absolute Gasteiger partial charge is 0.340 e. The molecular formula is C12H13N3O2. The summed E-state index contributed by atoms with van der Waals surface area (Å²) in [5.41, 5.74) is 8.34. The van der Waals surface area contributed by atoms with Gasteiger partial charge in [-0.15, -0.1) is 0 Å². The monoisotopic (exact) mass is 231 g/mol. The van der Waals surface area contributed by atoms with Crippen LogP contribution in [0.5, 0.6) is 0 Å². The molecular weight excluding hydrogens is 218 g/mol. The quantitative estimate of drug-likeness (QED) is 0.623. The second kappa shape index (κ2) is 4.69. The number of nitrogens with zero attached hydrogens (tertiary/aromatic N) is 1. The first-order valence-corrected chi connectivity index (χ1v) is 5.28. The van der Waals surface area contributed by atoms with E-state index in [0.717, 1.165) is 11.3 Å². The van der Waals surface area contributed by atoms with E-state index < -0.39 is 5.97 Å². The van der Waals surface area contributed by atoms with Crippen LogP contribution in [0.2, 0.25) is 0 Å². The predicted molar refractivity (Wildman–Crippen MR) is 64.4 cm³/mol. The number of nitrogens with one attached hydrogen (secondary N) is 1. The summed E-state index contributed by atoms with van der Waals surface area (Å²) < 4.78 is 4.90. The van der Waals surface area contributed by atoms with Crippen LogP contribution < -0.4 is 5.73 Å². The number of aromatic amines is 1. The topological polar surface area (TPSA) is 81.0 Å². The Hall–Kier alpha value is -2.30. The summed E-state index contributed by atoms with van der Waals surface area (Å²) in [5.74, 6) is -0.402. The minimum absolute atomic E-state index is 0.334. The zero-order valence-corrected chi connectivity index (χ0v) is 9.43. The van der Waals surface area contributed by atoms with Gasteiger partial charge in [-0.25, -0.2) is 4.79 Å². The SMILES string of the molecule is CCOC(=O)c1ccc(-c2ccn[nH]2)cc1N. The molecule has 5 nitrogen and oxygen atoms in total. The van der Waals surface area contributed by atoms with E-state index in [1.54, 1.807) is 31.3 Å². The van der Waals surface area contributed by atoms with E-state index >= 15 is 0 Å². The molecule has 2 aromatic rings. The van der Waals surface area contributed by atoms with Crippen molar-refractivity contribution in [2.75, 3.05) is 12.3 Å². The molecule has 0 saturated heterocycles. The molecule has 1 aromatic carbocycles. The van der Waals surface area contributed by atoms with Gasteiger partial charge in [0.05, 0.1) is 17.9 Å². The molecule has 0 radical (unpaired) electrons. The number of carbonyl (C=O) groups is 1. The van der Waals surface area contributed by atoms with E-state index in [4.69, 9.17) is 10.5 Å². The third-order valence-corrected chi connectivity index (χ3v) is 2.36. The lowest BCUT2D eigenvalue weighted by atomic mass is 10.1. The van der Waals surface area contributed by atoms with Crippen molar-refractivity contribution >= 4 is 11.7 Å². The van der Waals surface area contributed by atoms with Crippen molar-refractivity contribution in [2.24, 2.45) is 0 Å². The zero-order valence-electron chi connectivity index (χ0n) is 9.43. The van der Waals surface area contributed by atoms with Crippen LogP contribution in [0.4, 0.5) is 5.69 Å². The van der Waals surface area contributed by atoms with E-state index in [1.807, 2.05) is 6.07 Å². The van der Waals surface area contributed by atoms with Crippen molar-refractivity contribution in [3.05, 3.63) is 36.0 Å². The Balaban J connectivity index is 2.32. The van der Waals surface area contributed by atoms with Gasteiger partial charge in [-0.2, -0.15) is 5.10 Å². The lowest BCUT2D eigenvalue weighted by Gasteiger charge is -2.06. The highest BCUT2D eigenvalue weighted by atomic mass is 16.5. The highest BCUT2D eigenvalue weighted by Crippen LogP contribution is 2.22. The second-order valence-electron chi connectivity index (χ2n) is 3.49. The summed E-state index contributed by atoms with van der Waals surface area (Å²) in [6, 6.07) is 7.01. The van der Waals surface area contributed by atoms with Crippen LogP contribution in [-0.2, 0) is 4.74 Å². The van der Waals surface area contributed by atoms with E-state index in [2.05, 4.69) is 10.2 Å². The number of rotatable bonds is 3. The van der Waals surface area contributed by atoms with Crippen LogP contribution in [0, 0.1) is 0 Å². The van der Waals surface area contributed by atoms with E-state index in [0.29, 0.717) is 17.9 Å². The summed E-state index contributed by atoms with van der Waals surface area (Å²) in [7, 11) is 0. The van der Waals surface area contributed by atoms with Gasteiger partial charge < -0.3 is 10.5 Å². The van der Waals surface area contributed by atoms with Crippen molar-refractivity contribution in [1.82, 2.24) is 10.2 Å². The summed E-state index contributed by atoms with van der Waals surface area (Å²) in [5, 5.41) is 6.69. The molecule has 0 aliphatic rings. The number of hydrogen-bond acceptors (Lipinski definition) is 4. The van der Waals surface area contributed by atoms with Crippen LogP contribution >= 0.6 is 0 Å². The van der Waals surface area contributed by atoms with Crippen LogP contribution in [0.1, 0.15) is 17.3 Å². The van der Waals surface area contributed by atoms with Crippen LogP contribution in [0.25, 0.3) is 11.3 Å². The lowest BCUT2D eigenvalue weighted by Crippen LogP contribution is -2.07. The first kappa shape index (κ1) is 11.2. The predicted octanol–water partition coefficient (Wildman–Crippen LogP) is 1.84. The summed E-state index contributed by atoms with van der Waals surface area (Å²) in [6.07, 6.45) is 1.66. The van der Waals surface area contributed by atoms with Crippen molar-refractivity contribution in [2.45, 2.75) is 6.92 Å². The molecule has 0 aliphatic heterocycles. The highest BCUT2D eigenvalue weighted by Gasteiger charge is 2.11. The first-order chi connectivity index (χ1) is 8.22. The Bertz CT molecular complexity index is 521. The normalized spacial score (nSPS) is 10.2. The number of nitrogen functional groups attached to an aromatic ring is 1. The maximum absolute atomic E-state index is 11.5. The van der Waals surface area contributed by atoms with Gasteiger partial charge in [-0.3, -0.25) is 5.10 Å². The molecule has 3 N–H and O–H groups in total. The number of hydrogen-bond donors (Lipinski definition) is 2. The molecule has 0 amide bonds. The van der Waals surface area contributed by atoms with Crippen LogP contribution in [0.15, 0.2) is 30.5 Å². The molecule has 88 valence electrons. The average molecular weight is 231 g/mol. The first-order valence-electron chi connectivity index (χ1n) is 5.28. The van der Waals surface area contributed by atoms with Gasteiger partial charge >= 0.3 is 5.97 Å². The third kappa shape index (κ3) is 2.28. The molecule has 0 fully saturated rings. The number of anilines is 1. The largest absolute Gasteiger partial charge is 0.462 e. The molecule has 0 spiro atoms. The second-order valence-corrected chi connectivity index (χ2v) is 3.49. The minimum atomic E-state index is -0.402. The third-order valence-electron chi connectivity index (χ3n) is 2.36. The Morgan fingerprint density at radius 2 is 2.29 bits per heavy atom. The average Bonchev–Trinajstić information content (AvgIpc) is 2.82. The van der Waals surface area contributed by atoms with Crippen molar-refractivity contribution in [3.8, 4) is 11.3 Å². The summed E-state index contributed by atoms with van der Waals surface area (Å²) in [6.45, 7) is 2.09. The molecule has 17 heavy (non-hydrogen) atoms. The fourth-order valence-electron chi connectivity index (χ4n) is 1.54. The van der Waals surface area contributed by atoms with Gasteiger partial charge in [0.25, 0.3) is 0 Å². The molecule has 0 unspecified atom stereocenters. The number of esters is 1. The minimum Gasteiger partial charge on any atom is -0.462 e. The van der Waals surface area contributed by atoms with Crippen molar-refractivity contribution in [3.63, 3.8) is 0 Å². The highest BCUT2D eigenvalue weighted by molar-refractivity contribution is 5.96. The number of benzene rings is 1. The standard InChI is InChI=1S/C12H13N3O2/c1-2-17-12(16)9-4-3-8(7-10(9)13)11-5-6-14-15-11/h3-7H,2,13H2,1H3,(H,14,15).